The molecule has 1 heterocycles. The summed E-state index contributed by atoms with van der Waals surface area (Å²) in [5.74, 6) is 0. The van der Waals surface area contributed by atoms with Crippen molar-refractivity contribution in [3.05, 3.63) is 224 Å². The number of rotatable bonds is 7. The van der Waals surface area contributed by atoms with Gasteiger partial charge in [0.15, 0.2) is 0 Å². The van der Waals surface area contributed by atoms with Crippen LogP contribution in [0.1, 0.15) is 0 Å². The Hall–Kier alpha value is -7.26. The van der Waals surface area contributed by atoms with Crippen LogP contribution in [0.2, 0.25) is 0 Å². The number of thiophene rings is 1. The highest BCUT2D eigenvalue weighted by atomic mass is 32.1. The lowest BCUT2D eigenvalue weighted by Gasteiger charge is -2.28. The fraction of sp³-hybridized carbons (Fsp3) is 0. The molecule has 0 N–H and O–H groups in total. The summed E-state index contributed by atoms with van der Waals surface area (Å²) in [7, 11) is 0. The number of hydrogen-bond acceptors (Lipinski definition) is 2. The van der Waals surface area contributed by atoms with Gasteiger partial charge in [-0.05, 0) is 109 Å². The van der Waals surface area contributed by atoms with Gasteiger partial charge in [0.25, 0.3) is 0 Å². The first-order chi connectivity index (χ1) is 28.8. The van der Waals surface area contributed by atoms with Crippen molar-refractivity contribution in [3.63, 3.8) is 0 Å². The van der Waals surface area contributed by atoms with Gasteiger partial charge in [-0.15, -0.1) is 11.3 Å². The van der Waals surface area contributed by atoms with E-state index in [4.69, 9.17) is 0 Å². The second kappa shape index (κ2) is 14.4. The van der Waals surface area contributed by atoms with Crippen molar-refractivity contribution in [1.29, 1.82) is 0 Å². The molecule has 10 aromatic carbocycles. The molecular formula is C56H37NS. The van der Waals surface area contributed by atoms with Gasteiger partial charge < -0.3 is 4.90 Å². The van der Waals surface area contributed by atoms with E-state index in [1.54, 1.807) is 0 Å². The van der Waals surface area contributed by atoms with Crippen molar-refractivity contribution in [1.82, 2.24) is 0 Å². The predicted octanol–water partition coefficient (Wildman–Crippen LogP) is 16.5. The number of anilines is 3. The summed E-state index contributed by atoms with van der Waals surface area (Å²) in [5.41, 5.74) is 13.1. The van der Waals surface area contributed by atoms with E-state index in [1.165, 1.54) is 91.9 Å². The van der Waals surface area contributed by atoms with Crippen molar-refractivity contribution in [3.8, 4) is 44.5 Å². The van der Waals surface area contributed by atoms with Crippen molar-refractivity contribution < 1.29 is 0 Å². The molecule has 0 saturated carbocycles. The summed E-state index contributed by atoms with van der Waals surface area (Å²) in [6.07, 6.45) is 0. The minimum Gasteiger partial charge on any atom is -0.310 e. The monoisotopic (exact) mass is 755 g/mol. The normalized spacial score (nSPS) is 11.4. The molecule has 0 unspecified atom stereocenters. The molecular weight excluding hydrogens is 719 g/mol. The Morgan fingerprint density at radius 3 is 1.36 bits per heavy atom. The fourth-order valence-electron chi connectivity index (χ4n) is 8.79. The summed E-state index contributed by atoms with van der Waals surface area (Å²) in [6, 6.07) is 81.9. The number of benzene rings is 10. The first-order valence-electron chi connectivity index (χ1n) is 19.8. The van der Waals surface area contributed by atoms with Crippen LogP contribution >= 0.6 is 11.3 Å². The van der Waals surface area contributed by atoms with Gasteiger partial charge in [0, 0.05) is 31.5 Å². The molecule has 0 bridgehead atoms. The maximum absolute atomic E-state index is 2.47. The van der Waals surface area contributed by atoms with Crippen LogP contribution < -0.4 is 4.90 Å². The zero-order chi connectivity index (χ0) is 38.4. The maximum atomic E-state index is 2.47. The Kier molecular flexibility index (Phi) is 8.42. The van der Waals surface area contributed by atoms with Crippen LogP contribution in [0.4, 0.5) is 17.1 Å². The SMILES string of the molecule is c1ccc(-c2ccc(-c3ccc(N(c4ccc5c(c4)c(-c4ccccc4)c(-c4ccccc4)c4ccccc45)c4cccc5sc6ccccc6c45)cc3)cc2)cc1. The molecule has 0 amide bonds. The molecule has 58 heavy (non-hydrogen) atoms. The molecule has 2 heteroatoms. The average molecular weight is 756 g/mol. The van der Waals surface area contributed by atoms with Crippen LogP contribution in [0.5, 0.6) is 0 Å². The van der Waals surface area contributed by atoms with Gasteiger partial charge in [-0.3, -0.25) is 0 Å². The molecule has 1 aromatic heterocycles. The minimum absolute atomic E-state index is 1.11. The second-order valence-corrected chi connectivity index (χ2v) is 15.9. The minimum atomic E-state index is 1.11. The lowest BCUT2D eigenvalue weighted by Crippen LogP contribution is -2.10. The van der Waals surface area contributed by atoms with Crippen LogP contribution in [0, 0.1) is 0 Å². The van der Waals surface area contributed by atoms with Crippen molar-refractivity contribution in [2.24, 2.45) is 0 Å². The topological polar surface area (TPSA) is 3.24 Å². The van der Waals surface area contributed by atoms with Crippen molar-refractivity contribution in [2.75, 3.05) is 4.90 Å². The quantitative estimate of drug-likeness (QED) is 0.146. The van der Waals surface area contributed by atoms with Crippen LogP contribution in [-0.2, 0) is 0 Å². The van der Waals surface area contributed by atoms with Gasteiger partial charge in [-0.25, -0.2) is 0 Å². The molecule has 0 aliphatic rings. The zero-order valence-corrected chi connectivity index (χ0v) is 32.5. The van der Waals surface area contributed by atoms with Crippen molar-refractivity contribution in [2.45, 2.75) is 0 Å². The summed E-state index contributed by atoms with van der Waals surface area (Å²) in [5, 5.41) is 7.53. The Morgan fingerprint density at radius 2 is 0.724 bits per heavy atom. The first-order valence-corrected chi connectivity index (χ1v) is 20.7. The fourth-order valence-corrected chi connectivity index (χ4v) is 9.91. The second-order valence-electron chi connectivity index (χ2n) is 14.8. The van der Waals surface area contributed by atoms with Crippen LogP contribution in [-0.4, -0.2) is 0 Å². The summed E-state index contributed by atoms with van der Waals surface area (Å²) < 4.78 is 2.57. The molecule has 11 aromatic rings. The van der Waals surface area contributed by atoms with E-state index in [0.29, 0.717) is 0 Å². The average Bonchev–Trinajstić information content (AvgIpc) is 3.69. The largest absolute Gasteiger partial charge is 0.310 e. The van der Waals surface area contributed by atoms with E-state index < -0.39 is 0 Å². The van der Waals surface area contributed by atoms with Crippen LogP contribution in [0.3, 0.4) is 0 Å². The van der Waals surface area contributed by atoms with Crippen LogP contribution in [0.15, 0.2) is 224 Å². The number of hydrogen-bond donors (Lipinski definition) is 0. The molecule has 0 aliphatic carbocycles. The molecule has 0 atom stereocenters. The summed E-state index contributed by atoms with van der Waals surface area (Å²) in [6.45, 7) is 0. The molecule has 1 nitrogen and oxygen atoms in total. The zero-order valence-electron chi connectivity index (χ0n) is 31.7. The summed E-state index contributed by atoms with van der Waals surface area (Å²) in [4.78, 5) is 2.47. The van der Waals surface area contributed by atoms with Gasteiger partial charge >= 0.3 is 0 Å². The highest BCUT2D eigenvalue weighted by molar-refractivity contribution is 7.26. The molecule has 11 rings (SSSR count). The molecule has 0 radical (unpaired) electrons. The molecule has 0 spiro atoms. The number of nitrogens with zero attached hydrogens (tertiary/aromatic N) is 1. The van der Waals surface area contributed by atoms with Gasteiger partial charge in [-0.1, -0.05) is 182 Å². The van der Waals surface area contributed by atoms with Gasteiger partial charge in [-0.2, -0.15) is 0 Å². The molecule has 0 fully saturated rings. The Bertz CT molecular complexity index is 3240. The standard InChI is InChI=1S/C56H37NS/c1-4-15-38(16-5-1)39-27-29-40(30-28-39)41-31-33-44(34-32-41)57(51-24-14-26-53-56(51)49-23-12-13-25-52(49)58-53)45-35-36-47-46-21-10-11-22-48(46)54(42-17-6-2-7-18-42)55(50(47)37-45)43-19-8-3-9-20-43/h1-37H. The Balaban J connectivity index is 1.15. The predicted molar refractivity (Wildman–Crippen MR) is 251 cm³/mol. The third-order valence-corrected chi connectivity index (χ3v) is 12.6. The maximum Gasteiger partial charge on any atom is 0.0554 e. The van der Waals surface area contributed by atoms with E-state index in [9.17, 15) is 0 Å². The smallest absolute Gasteiger partial charge is 0.0554 e. The van der Waals surface area contributed by atoms with E-state index in [-0.39, 0.29) is 0 Å². The van der Waals surface area contributed by atoms with E-state index in [2.05, 4.69) is 229 Å². The third kappa shape index (κ3) is 5.86. The highest BCUT2D eigenvalue weighted by Crippen LogP contribution is 2.49. The van der Waals surface area contributed by atoms with Crippen LogP contribution in [0.25, 0.3) is 86.2 Å². The van der Waals surface area contributed by atoms with E-state index in [0.717, 1.165) is 11.4 Å². The van der Waals surface area contributed by atoms with Gasteiger partial charge in [0.05, 0.1) is 5.69 Å². The van der Waals surface area contributed by atoms with Gasteiger partial charge in [0.1, 0.15) is 0 Å². The van der Waals surface area contributed by atoms with Gasteiger partial charge in [0.2, 0.25) is 0 Å². The Labute approximate surface area is 342 Å². The van der Waals surface area contributed by atoms with E-state index >= 15 is 0 Å². The molecule has 0 saturated heterocycles. The molecule has 272 valence electrons. The lowest BCUT2D eigenvalue weighted by atomic mass is 9.85. The summed E-state index contributed by atoms with van der Waals surface area (Å²) >= 11 is 1.86. The molecule has 0 aliphatic heterocycles. The first kappa shape index (κ1) is 34.0. The highest BCUT2D eigenvalue weighted by Gasteiger charge is 2.22. The van der Waals surface area contributed by atoms with Crippen molar-refractivity contribution >= 4 is 70.1 Å². The number of fused-ring (bicyclic) bond motifs is 6. The third-order valence-electron chi connectivity index (χ3n) is 11.5. The Morgan fingerprint density at radius 1 is 0.276 bits per heavy atom. The van der Waals surface area contributed by atoms with E-state index in [1.807, 2.05) is 11.3 Å². The lowest BCUT2D eigenvalue weighted by molar-refractivity contribution is 1.31.